The van der Waals surface area contributed by atoms with Crippen LogP contribution in [0.5, 0.6) is 5.75 Å². The maximum atomic E-state index is 13.1. The normalized spacial score (nSPS) is 10.4. The molecule has 2 rings (SSSR count). The van der Waals surface area contributed by atoms with Crippen molar-refractivity contribution in [3.8, 4) is 5.75 Å². The van der Waals surface area contributed by atoms with Crippen LogP contribution in [0.4, 0.5) is 10.1 Å². The van der Waals surface area contributed by atoms with Gasteiger partial charge in [-0.3, -0.25) is 4.79 Å². The molecule has 0 fully saturated rings. The SMILES string of the molecule is O=C(Nc1ccc(O)c(F)c1)c1cc(Br)c(Br)s1. The highest BCUT2D eigenvalue weighted by Gasteiger charge is 2.13. The van der Waals surface area contributed by atoms with Crippen LogP contribution < -0.4 is 5.32 Å². The summed E-state index contributed by atoms with van der Waals surface area (Å²) >= 11 is 7.83. The van der Waals surface area contributed by atoms with Gasteiger partial charge in [-0.15, -0.1) is 11.3 Å². The lowest BCUT2D eigenvalue weighted by Crippen LogP contribution is -2.10. The number of halogens is 3. The second-order valence-corrected chi connectivity index (χ2v) is 6.58. The first-order valence-electron chi connectivity index (χ1n) is 4.72. The Morgan fingerprint density at radius 1 is 1.33 bits per heavy atom. The average Bonchev–Trinajstić information content (AvgIpc) is 2.65. The number of hydrogen-bond acceptors (Lipinski definition) is 3. The van der Waals surface area contributed by atoms with Gasteiger partial charge in [-0.25, -0.2) is 4.39 Å². The molecule has 2 N–H and O–H groups in total. The monoisotopic (exact) mass is 393 g/mol. The van der Waals surface area contributed by atoms with Crippen molar-refractivity contribution in [1.82, 2.24) is 0 Å². The van der Waals surface area contributed by atoms with Gasteiger partial charge in [-0.05, 0) is 50.1 Å². The van der Waals surface area contributed by atoms with E-state index in [1.165, 1.54) is 23.5 Å². The third-order valence-electron chi connectivity index (χ3n) is 2.07. The van der Waals surface area contributed by atoms with Crippen LogP contribution in [-0.2, 0) is 0 Å². The van der Waals surface area contributed by atoms with E-state index in [4.69, 9.17) is 5.11 Å². The van der Waals surface area contributed by atoms with Crippen molar-refractivity contribution in [3.63, 3.8) is 0 Å². The molecule has 18 heavy (non-hydrogen) atoms. The van der Waals surface area contributed by atoms with Crippen molar-refractivity contribution < 1.29 is 14.3 Å². The van der Waals surface area contributed by atoms with Gasteiger partial charge in [0.1, 0.15) is 0 Å². The summed E-state index contributed by atoms with van der Waals surface area (Å²) in [6.45, 7) is 0. The van der Waals surface area contributed by atoms with Crippen molar-refractivity contribution in [2.45, 2.75) is 0 Å². The van der Waals surface area contributed by atoms with Crippen molar-refractivity contribution in [2.75, 3.05) is 5.32 Å². The Balaban J connectivity index is 2.18. The number of aromatic hydroxyl groups is 1. The molecule has 0 saturated heterocycles. The summed E-state index contributed by atoms with van der Waals surface area (Å²) in [6, 6.07) is 5.34. The summed E-state index contributed by atoms with van der Waals surface area (Å²) in [5.74, 6) is -1.56. The number of phenols is 1. The Kier molecular flexibility index (Phi) is 4.04. The molecule has 0 bridgehead atoms. The van der Waals surface area contributed by atoms with Crippen LogP contribution >= 0.6 is 43.2 Å². The number of thiophene rings is 1. The van der Waals surface area contributed by atoms with Gasteiger partial charge in [0.15, 0.2) is 11.6 Å². The summed E-state index contributed by atoms with van der Waals surface area (Å²) in [7, 11) is 0. The molecule has 7 heteroatoms. The lowest BCUT2D eigenvalue weighted by molar-refractivity contribution is 0.103. The van der Waals surface area contributed by atoms with E-state index in [-0.39, 0.29) is 11.6 Å². The summed E-state index contributed by atoms with van der Waals surface area (Å²) < 4.78 is 14.7. The van der Waals surface area contributed by atoms with E-state index in [1.54, 1.807) is 6.07 Å². The highest BCUT2D eigenvalue weighted by molar-refractivity contribution is 9.13. The van der Waals surface area contributed by atoms with Gasteiger partial charge in [0.2, 0.25) is 0 Å². The summed E-state index contributed by atoms with van der Waals surface area (Å²) in [5.41, 5.74) is 0.288. The molecular formula is C11H6Br2FNO2S. The first-order chi connectivity index (χ1) is 8.47. The molecule has 0 unspecified atom stereocenters. The molecule has 2 aromatic rings. The van der Waals surface area contributed by atoms with Gasteiger partial charge in [0.05, 0.1) is 8.66 Å². The fourth-order valence-electron chi connectivity index (χ4n) is 1.24. The van der Waals surface area contributed by atoms with E-state index >= 15 is 0 Å². The quantitative estimate of drug-likeness (QED) is 0.743. The standard InChI is InChI=1S/C11H6Br2FNO2S/c12-6-4-9(18-10(6)13)11(17)15-5-1-2-8(16)7(14)3-5/h1-4,16H,(H,15,17). The highest BCUT2D eigenvalue weighted by Crippen LogP contribution is 2.32. The number of nitrogens with one attached hydrogen (secondary N) is 1. The van der Waals surface area contributed by atoms with E-state index in [9.17, 15) is 9.18 Å². The van der Waals surface area contributed by atoms with E-state index in [0.717, 1.165) is 14.3 Å². The van der Waals surface area contributed by atoms with Crippen molar-refractivity contribution in [1.29, 1.82) is 0 Å². The van der Waals surface area contributed by atoms with Gasteiger partial charge in [-0.1, -0.05) is 0 Å². The van der Waals surface area contributed by atoms with Crippen LogP contribution in [-0.4, -0.2) is 11.0 Å². The molecule has 1 heterocycles. The highest BCUT2D eigenvalue weighted by atomic mass is 79.9. The van der Waals surface area contributed by atoms with E-state index in [2.05, 4.69) is 37.2 Å². The molecule has 3 nitrogen and oxygen atoms in total. The molecule has 0 aliphatic carbocycles. The van der Waals surface area contributed by atoms with E-state index < -0.39 is 11.6 Å². The predicted molar refractivity (Wildman–Crippen MR) is 75.7 cm³/mol. The van der Waals surface area contributed by atoms with Crippen LogP contribution in [0.25, 0.3) is 0 Å². The minimum Gasteiger partial charge on any atom is -0.505 e. The Bertz CT molecular complexity index is 596. The number of rotatable bonds is 2. The number of phenolic OH excluding ortho intramolecular Hbond substituents is 1. The minimum absolute atomic E-state index is 0.288. The summed E-state index contributed by atoms with van der Waals surface area (Å²) in [5, 5.41) is 11.6. The van der Waals surface area contributed by atoms with Gasteiger partial charge >= 0.3 is 0 Å². The van der Waals surface area contributed by atoms with Gasteiger partial charge in [0, 0.05) is 16.2 Å². The van der Waals surface area contributed by atoms with Crippen molar-refractivity contribution >= 4 is 54.8 Å². The Morgan fingerprint density at radius 3 is 2.61 bits per heavy atom. The lowest BCUT2D eigenvalue weighted by atomic mass is 10.3. The topological polar surface area (TPSA) is 49.3 Å². The predicted octanol–water partition coefficient (Wildman–Crippen LogP) is 4.37. The van der Waals surface area contributed by atoms with Gasteiger partial charge in [0.25, 0.3) is 5.91 Å². The third kappa shape index (κ3) is 2.90. The second-order valence-electron chi connectivity index (χ2n) is 3.35. The number of benzene rings is 1. The number of anilines is 1. The molecule has 0 saturated carbocycles. The Hall–Kier alpha value is -0.920. The van der Waals surface area contributed by atoms with Crippen LogP contribution in [0.2, 0.25) is 0 Å². The molecule has 1 aromatic carbocycles. The van der Waals surface area contributed by atoms with Crippen LogP contribution in [0, 0.1) is 5.82 Å². The maximum absolute atomic E-state index is 13.1. The molecule has 1 amide bonds. The zero-order valence-corrected chi connectivity index (χ0v) is 12.7. The molecule has 1 aromatic heterocycles. The Morgan fingerprint density at radius 2 is 2.06 bits per heavy atom. The van der Waals surface area contributed by atoms with E-state index in [1.807, 2.05) is 0 Å². The smallest absolute Gasteiger partial charge is 0.265 e. The number of amides is 1. The molecular weight excluding hydrogens is 389 g/mol. The zero-order valence-electron chi connectivity index (χ0n) is 8.71. The first-order valence-corrected chi connectivity index (χ1v) is 7.12. The third-order valence-corrected chi connectivity index (χ3v) is 5.33. The van der Waals surface area contributed by atoms with Gasteiger partial charge < -0.3 is 10.4 Å². The fraction of sp³-hybridized carbons (Fsp3) is 0. The Labute approximate surface area is 123 Å². The number of hydrogen-bond donors (Lipinski definition) is 2. The molecule has 0 aliphatic heterocycles. The molecule has 0 spiro atoms. The first kappa shape index (κ1) is 13.5. The van der Waals surface area contributed by atoms with Crippen LogP contribution in [0.1, 0.15) is 9.67 Å². The lowest BCUT2D eigenvalue weighted by Gasteiger charge is -2.04. The zero-order chi connectivity index (χ0) is 13.3. The maximum Gasteiger partial charge on any atom is 0.265 e. The van der Waals surface area contributed by atoms with Crippen LogP contribution in [0.15, 0.2) is 32.5 Å². The number of carbonyl (C=O) groups is 1. The molecule has 94 valence electrons. The molecule has 0 radical (unpaired) electrons. The van der Waals surface area contributed by atoms with Crippen LogP contribution in [0.3, 0.4) is 0 Å². The van der Waals surface area contributed by atoms with Crippen molar-refractivity contribution in [3.05, 3.63) is 43.2 Å². The molecule has 0 aliphatic rings. The summed E-state index contributed by atoms with van der Waals surface area (Å²) in [6.07, 6.45) is 0. The van der Waals surface area contributed by atoms with E-state index in [0.29, 0.717) is 4.88 Å². The fourth-order valence-corrected chi connectivity index (χ4v) is 3.17. The summed E-state index contributed by atoms with van der Waals surface area (Å²) in [4.78, 5) is 12.3. The minimum atomic E-state index is -0.777. The second kappa shape index (κ2) is 5.38. The average molecular weight is 395 g/mol. The largest absolute Gasteiger partial charge is 0.505 e. The van der Waals surface area contributed by atoms with Gasteiger partial charge in [-0.2, -0.15) is 0 Å². The number of carbonyl (C=O) groups excluding carboxylic acids is 1. The molecule has 0 atom stereocenters. The van der Waals surface area contributed by atoms with Crippen molar-refractivity contribution in [2.24, 2.45) is 0 Å².